The molecule has 0 spiro atoms. The molecule has 0 saturated carbocycles. The molecule has 0 aliphatic rings. The normalized spacial score (nSPS) is 15.1. The number of halogens is 1. The minimum atomic E-state index is 0.153. The van der Waals surface area contributed by atoms with Crippen molar-refractivity contribution in [1.29, 1.82) is 0 Å². The van der Waals surface area contributed by atoms with Crippen LogP contribution in [0.1, 0.15) is 43.0 Å². The molecule has 2 heteroatoms. The summed E-state index contributed by atoms with van der Waals surface area (Å²) < 4.78 is 1.20. The third-order valence-electron chi connectivity index (χ3n) is 3.10. The van der Waals surface area contributed by atoms with Crippen LogP contribution in [0.3, 0.4) is 0 Å². The Morgan fingerprint density at radius 3 is 2.13 bits per heavy atom. The van der Waals surface area contributed by atoms with Gasteiger partial charge in [-0.25, -0.2) is 0 Å². The highest BCUT2D eigenvalue weighted by Gasteiger charge is 2.14. The van der Waals surface area contributed by atoms with Gasteiger partial charge in [-0.15, -0.1) is 0 Å². The lowest BCUT2D eigenvalue weighted by Gasteiger charge is -2.20. The second-order valence-corrected chi connectivity index (χ2v) is 5.17. The molecule has 2 N–H and O–H groups in total. The van der Waals surface area contributed by atoms with Crippen LogP contribution in [0, 0.1) is 19.8 Å². The zero-order valence-corrected chi connectivity index (χ0v) is 11.6. The maximum absolute atomic E-state index is 6.22. The van der Waals surface area contributed by atoms with E-state index in [0.29, 0.717) is 5.92 Å². The van der Waals surface area contributed by atoms with Crippen molar-refractivity contribution in [3.05, 3.63) is 33.3 Å². The van der Waals surface area contributed by atoms with Gasteiger partial charge >= 0.3 is 0 Å². The average Bonchev–Trinajstić information content (AvgIpc) is 2.23. The standard InChI is InChI=1S/C13H20BrN/c1-5-8(2)13(15)11-6-9(3)12(14)10(4)7-11/h6-8,13H,5,15H2,1-4H3. The number of aryl methyl sites for hydroxylation is 2. The Morgan fingerprint density at radius 2 is 1.73 bits per heavy atom. The largest absolute Gasteiger partial charge is 0.324 e. The van der Waals surface area contributed by atoms with Crippen molar-refractivity contribution in [2.45, 2.75) is 40.2 Å². The van der Waals surface area contributed by atoms with Crippen molar-refractivity contribution in [2.75, 3.05) is 0 Å². The molecule has 1 aromatic carbocycles. The van der Waals surface area contributed by atoms with E-state index in [-0.39, 0.29) is 6.04 Å². The SMILES string of the molecule is CCC(C)C(N)c1cc(C)c(Br)c(C)c1. The highest BCUT2D eigenvalue weighted by atomic mass is 79.9. The molecule has 0 radical (unpaired) electrons. The first-order chi connectivity index (χ1) is 6.97. The Labute approximate surface area is 101 Å². The molecular formula is C13H20BrN. The molecule has 0 bridgehead atoms. The molecule has 0 aromatic heterocycles. The van der Waals surface area contributed by atoms with Gasteiger partial charge in [0.25, 0.3) is 0 Å². The van der Waals surface area contributed by atoms with Crippen molar-refractivity contribution in [1.82, 2.24) is 0 Å². The molecule has 1 aromatic rings. The van der Waals surface area contributed by atoms with E-state index in [0.717, 1.165) is 6.42 Å². The number of hydrogen-bond acceptors (Lipinski definition) is 1. The first-order valence-electron chi connectivity index (χ1n) is 5.49. The maximum atomic E-state index is 6.22. The van der Waals surface area contributed by atoms with Crippen LogP contribution in [0.4, 0.5) is 0 Å². The van der Waals surface area contributed by atoms with Gasteiger partial charge in [-0.2, -0.15) is 0 Å². The van der Waals surface area contributed by atoms with Crippen LogP contribution in [0.2, 0.25) is 0 Å². The third-order valence-corrected chi connectivity index (χ3v) is 4.35. The van der Waals surface area contributed by atoms with Gasteiger partial charge in [0.15, 0.2) is 0 Å². The van der Waals surface area contributed by atoms with Gasteiger partial charge in [-0.05, 0) is 36.5 Å². The van der Waals surface area contributed by atoms with E-state index >= 15 is 0 Å². The predicted molar refractivity (Wildman–Crippen MR) is 70.0 cm³/mol. The highest BCUT2D eigenvalue weighted by molar-refractivity contribution is 9.10. The first kappa shape index (κ1) is 12.7. The lowest BCUT2D eigenvalue weighted by Crippen LogP contribution is -2.18. The van der Waals surface area contributed by atoms with Crippen molar-refractivity contribution in [3.8, 4) is 0 Å². The van der Waals surface area contributed by atoms with E-state index in [2.05, 4.69) is 55.8 Å². The molecule has 0 fully saturated rings. The molecular weight excluding hydrogens is 250 g/mol. The molecule has 0 heterocycles. The van der Waals surface area contributed by atoms with E-state index in [9.17, 15) is 0 Å². The summed E-state index contributed by atoms with van der Waals surface area (Å²) in [6, 6.07) is 4.53. The molecule has 2 atom stereocenters. The number of nitrogens with two attached hydrogens (primary N) is 1. The van der Waals surface area contributed by atoms with Crippen molar-refractivity contribution >= 4 is 15.9 Å². The summed E-state index contributed by atoms with van der Waals surface area (Å²) in [5, 5.41) is 0. The zero-order chi connectivity index (χ0) is 11.6. The van der Waals surface area contributed by atoms with Gasteiger partial charge in [-0.3, -0.25) is 0 Å². The van der Waals surface area contributed by atoms with E-state index < -0.39 is 0 Å². The van der Waals surface area contributed by atoms with E-state index in [1.807, 2.05) is 0 Å². The molecule has 1 rings (SSSR count). The third kappa shape index (κ3) is 2.82. The molecule has 84 valence electrons. The quantitative estimate of drug-likeness (QED) is 0.878. The summed E-state index contributed by atoms with van der Waals surface area (Å²) in [5.41, 5.74) is 10.0. The summed E-state index contributed by atoms with van der Waals surface area (Å²) in [4.78, 5) is 0. The van der Waals surface area contributed by atoms with Gasteiger partial charge in [-0.1, -0.05) is 48.3 Å². The summed E-state index contributed by atoms with van der Waals surface area (Å²) in [5.74, 6) is 0.532. The Kier molecular flexibility index (Phi) is 4.35. The fourth-order valence-corrected chi connectivity index (χ4v) is 1.98. The van der Waals surface area contributed by atoms with Gasteiger partial charge in [0, 0.05) is 10.5 Å². The second-order valence-electron chi connectivity index (χ2n) is 4.38. The second kappa shape index (κ2) is 5.13. The van der Waals surface area contributed by atoms with Crippen LogP contribution in [0.5, 0.6) is 0 Å². The topological polar surface area (TPSA) is 26.0 Å². The number of hydrogen-bond donors (Lipinski definition) is 1. The minimum absolute atomic E-state index is 0.153. The van der Waals surface area contributed by atoms with Gasteiger partial charge in [0.2, 0.25) is 0 Å². The Morgan fingerprint density at radius 1 is 1.27 bits per heavy atom. The highest BCUT2D eigenvalue weighted by Crippen LogP contribution is 2.28. The fraction of sp³-hybridized carbons (Fsp3) is 0.538. The lowest BCUT2D eigenvalue weighted by atomic mass is 9.91. The minimum Gasteiger partial charge on any atom is -0.324 e. The van der Waals surface area contributed by atoms with Gasteiger partial charge in [0.1, 0.15) is 0 Å². The fourth-order valence-electron chi connectivity index (χ4n) is 1.75. The Bertz CT molecular complexity index is 323. The molecule has 15 heavy (non-hydrogen) atoms. The van der Waals surface area contributed by atoms with Gasteiger partial charge in [0.05, 0.1) is 0 Å². The van der Waals surface area contributed by atoms with Gasteiger partial charge < -0.3 is 5.73 Å². The average molecular weight is 270 g/mol. The van der Waals surface area contributed by atoms with E-state index in [1.165, 1.54) is 21.2 Å². The Hall–Kier alpha value is -0.340. The van der Waals surface area contributed by atoms with E-state index in [1.54, 1.807) is 0 Å². The van der Waals surface area contributed by atoms with Crippen LogP contribution in [0.15, 0.2) is 16.6 Å². The van der Waals surface area contributed by atoms with Crippen LogP contribution in [0.25, 0.3) is 0 Å². The van der Waals surface area contributed by atoms with Crippen molar-refractivity contribution < 1.29 is 0 Å². The molecule has 2 unspecified atom stereocenters. The van der Waals surface area contributed by atoms with Crippen LogP contribution < -0.4 is 5.73 Å². The van der Waals surface area contributed by atoms with Crippen LogP contribution >= 0.6 is 15.9 Å². The predicted octanol–water partition coefficient (Wildman–Crippen LogP) is 4.11. The zero-order valence-electron chi connectivity index (χ0n) is 9.97. The molecule has 0 aliphatic carbocycles. The van der Waals surface area contributed by atoms with Crippen LogP contribution in [-0.4, -0.2) is 0 Å². The molecule has 0 aliphatic heterocycles. The molecule has 0 saturated heterocycles. The summed E-state index contributed by atoms with van der Waals surface area (Å²) in [7, 11) is 0. The van der Waals surface area contributed by atoms with Crippen molar-refractivity contribution in [3.63, 3.8) is 0 Å². The monoisotopic (exact) mass is 269 g/mol. The van der Waals surface area contributed by atoms with Crippen molar-refractivity contribution in [2.24, 2.45) is 11.7 Å². The Balaban J connectivity index is 3.06. The van der Waals surface area contributed by atoms with E-state index in [4.69, 9.17) is 5.73 Å². The summed E-state index contributed by atoms with van der Waals surface area (Å²) >= 11 is 3.58. The smallest absolute Gasteiger partial charge is 0.0320 e. The molecule has 0 amide bonds. The number of benzene rings is 1. The maximum Gasteiger partial charge on any atom is 0.0320 e. The first-order valence-corrected chi connectivity index (χ1v) is 6.28. The summed E-state index contributed by atoms with van der Waals surface area (Å²) in [6.07, 6.45) is 1.12. The number of rotatable bonds is 3. The summed E-state index contributed by atoms with van der Waals surface area (Å²) in [6.45, 7) is 8.62. The molecule has 1 nitrogen and oxygen atoms in total. The lowest BCUT2D eigenvalue weighted by molar-refractivity contribution is 0.456. The van der Waals surface area contributed by atoms with Crippen LogP contribution in [-0.2, 0) is 0 Å².